The van der Waals surface area contributed by atoms with E-state index in [0.717, 1.165) is 16.5 Å². The van der Waals surface area contributed by atoms with Crippen LogP contribution in [0, 0.1) is 12.3 Å². The first-order valence-corrected chi connectivity index (χ1v) is 6.25. The van der Waals surface area contributed by atoms with Crippen LogP contribution in [0.3, 0.4) is 0 Å². The Hall–Kier alpha value is -2.86. The lowest BCUT2D eigenvalue weighted by atomic mass is 10.1. The largest absolute Gasteiger partial charge is 0.471 e. The topological polar surface area (TPSA) is 35.0 Å². The standard InChI is InChI=1S/C17H12N2O/c1-2-15(14-8-4-10-18-12-14)20-16-9-3-6-13-7-5-11-19-17(13)16/h1,3-12,15H. The first-order valence-electron chi connectivity index (χ1n) is 6.25. The molecule has 0 aliphatic rings. The third-order valence-corrected chi connectivity index (χ3v) is 2.98. The molecule has 0 aliphatic carbocycles. The van der Waals surface area contributed by atoms with Gasteiger partial charge in [0.2, 0.25) is 0 Å². The van der Waals surface area contributed by atoms with Crippen LogP contribution in [0.1, 0.15) is 11.7 Å². The molecule has 0 bridgehead atoms. The summed E-state index contributed by atoms with van der Waals surface area (Å²) >= 11 is 0. The van der Waals surface area contributed by atoms with Crippen LogP contribution in [0.4, 0.5) is 0 Å². The van der Waals surface area contributed by atoms with Gasteiger partial charge < -0.3 is 4.74 Å². The SMILES string of the molecule is C#CC(Oc1cccc2cccnc12)c1cccnc1. The zero-order valence-electron chi connectivity index (χ0n) is 10.7. The number of terminal acetylenes is 1. The lowest BCUT2D eigenvalue weighted by molar-refractivity contribution is 0.267. The number of hydrogen-bond acceptors (Lipinski definition) is 3. The van der Waals surface area contributed by atoms with Crippen LogP contribution in [0.5, 0.6) is 5.75 Å². The van der Waals surface area contributed by atoms with Crippen molar-refractivity contribution in [2.75, 3.05) is 0 Å². The summed E-state index contributed by atoms with van der Waals surface area (Å²) in [5.74, 6) is 3.32. The van der Waals surface area contributed by atoms with Crippen LogP contribution in [0.25, 0.3) is 10.9 Å². The number of nitrogens with zero attached hydrogens (tertiary/aromatic N) is 2. The van der Waals surface area contributed by atoms with Gasteiger partial charge in [0, 0.05) is 29.5 Å². The molecule has 0 radical (unpaired) electrons. The Morgan fingerprint density at radius 1 is 1.05 bits per heavy atom. The molecule has 3 aromatic rings. The second-order valence-electron chi connectivity index (χ2n) is 4.28. The molecule has 1 unspecified atom stereocenters. The molecule has 0 aliphatic heterocycles. The number of rotatable bonds is 3. The predicted octanol–water partition coefficient (Wildman–Crippen LogP) is 3.38. The number of pyridine rings is 2. The molecule has 0 spiro atoms. The minimum Gasteiger partial charge on any atom is -0.471 e. The zero-order chi connectivity index (χ0) is 13.8. The highest BCUT2D eigenvalue weighted by Crippen LogP contribution is 2.27. The Bertz CT molecular complexity index is 757. The monoisotopic (exact) mass is 260 g/mol. The summed E-state index contributed by atoms with van der Waals surface area (Å²) < 4.78 is 5.92. The number of aromatic nitrogens is 2. The van der Waals surface area contributed by atoms with Crippen LogP contribution in [0.15, 0.2) is 61.1 Å². The smallest absolute Gasteiger partial charge is 0.185 e. The summed E-state index contributed by atoms with van der Waals surface area (Å²) in [6.45, 7) is 0. The van der Waals surface area contributed by atoms with E-state index in [9.17, 15) is 0 Å². The van der Waals surface area contributed by atoms with Crippen LogP contribution in [-0.2, 0) is 0 Å². The minimum atomic E-state index is -0.476. The van der Waals surface area contributed by atoms with Gasteiger partial charge in [-0.3, -0.25) is 9.97 Å². The van der Waals surface area contributed by atoms with E-state index >= 15 is 0 Å². The average molecular weight is 260 g/mol. The highest BCUT2D eigenvalue weighted by Gasteiger charge is 2.12. The van der Waals surface area contributed by atoms with Gasteiger partial charge in [0.05, 0.1) is 0 Å². The highest BCUT2D eigenvalue weighted by molar-refractivity contribution is 5.84. The van der Waals surface area contributed by atoms with Crippen LogP contribution < -0.4 is 4.74 Å². The summed E-state index contributed by atoms with van der Waals surface area (Å²) in [5, 5.41) is 1.02. The lowest BCUT2D eigenvalue weighted by Crippen LogP contribution is -2.06. The number of ether oxygens (including phenoxy) is 1. The highest BCUT2D eigenvalue weighted by atomic mass is 16.5. The molecule has 2 aromatic heterocycles. The molecule has 1 atom stereocenters. The Morgan fingerprint density at radius 3 is 2.70 bits per heavy atom. The fourth-order valence-electron chi connectivity index (χ4n) is 2.03. The molecule has 0 N–H and O–H groups in total. The summed E-state index contributed by atoms with van der Waals surface area (Å²) in [6, 6.07) is 13.4. The maximum atomic E-state index is 5.92. The molecule has 2 heterocycles. The van der Waals surface area contributed by atoms with Crippen molar-refractivity contribution in [1.29, 1.82) is 0 Å². The maximum absolute atomic E-state index is 5.92. The van der Waals surface area contributed by atoms with Gasteiger partial charge in [-0.05, 0) is 18.2 Å². The van der Waals surface area contributed by atoms with Crippen molar-refractivity contribution in [3.63, 3.8) is 0 Å². The fourth-order valence-corrected chi connectivity index (χ4v) is 2.03. The number of fused-ring (bicyclic) bond motifs is 1. The molecule has 3 heteroatoms. The molecule has 20 heavy (non-hydrogen) atoms. The Kier molecular flexibility index (Phi) is 3.30. The Morgan fingerprint density at radius 2 is 1.90 bits per heavy atom. The third-order valence-electron chi connectivity index (χ3n) is 2.98. The summed E-state index contributed by atoms with van der Waals surface area (Å²) in [5.41, 5.74) is 1.65. The van der Waals surface area contributed by atoms with Gasteiger partial charge in [-0.2, -0.15) is 0 Å². The van der Waals surface area contributed by atoms with E-state index in [1.54, 1.807) is 18.6 Å². The van der Waals surface area contributed by atoms with Crippen molar-refractivity contribution < 1.29 is 4.74 Å². The third kappa shape index (κ3) is 2.32. The lowest BCUT2D eigenvalue weighted by Gasteiger charge is -2.14. The predicted molar refractivity (Wildman–Crippen MR) is 78.2 cm³/mol. The maximum Gasteiger partial charge on any atom is 0.185 e. The molecule has 96 valence electrons. The second-order valence-corrected chi connectivity index (χ2v) is 4.28. The minimum absolute atomic E-state index is 0.476. The number of benzene rings is 1. The van der Waals surface area contributed by atoms with Crippen LogP contribution in [0.2, 0.25) is 0 Å². The molecular weight excluding hydrogens is 248 g/mol. The van der Waals surface area contributed by atoms with E-state index in [-0.39, 0.29) is 0 Å². The van der Waals surface area contributed by atoms with E-state index in [4.69, 9.17) is 11.2 Å². The average Bonchev–Trinajstić information content (AvgIpc) is 2.53. The van der Waals surface area contributed by atoms with Gasteiger partial charge in [-0.1, -0.05) is 30.2 Å². The van der Waals surface area contributed by atoms with E-state index < -0.39 is 6.10 Å². The molecule has 3 nitrogen and oxygen atoms in total. The summed E-state index contributed by atoms with van der Waals surface area (Å²) in [6.07, 6.45) is 10.3. The first kappa shape index (κ1) is 12.2. The molecular formula is C17H12N2O. The van der Waals surface area contributed by atoms with Gasteiger partial charge in [-0.15, -0.1) is 6.42 Å². The Balaban J connectivity index is 1.99. The van der Waals surface area contributed by atoms with Gasteiger partial charge >= 0.3 is 0 Å². The normalized spacial score (nSPS) is 11.8. The van der Waals surface area contributed by atoms with Gasteiger partial charge in [-0.25, -0.2) is 0 Å². The van der Waals surface area contributed by atoms with Crippen molar-refractivity contribution in [2.45, 2.75) is 6.10 Å². The number of hydrogen-bond donors (Lipinski definition) is 0. The molecule has 0 amide bonds. The molecule has 0 saturated heterocycles. The number of para-hydroxylation sites is 1. The molecule has 3 rings (SSSR count). The molecule has 1 aromatic carbocycles. The first-order chi connectivity index (χ1) is 9.88. The van der Waals surface area contributed by atoms with Crippen LogP contribution in [-0.4, -0.2) is 9.97 Å². The van der Waals surface area contributed by atoms with E-state index in [2.05, 4.69) is 15.9 Å². The van der Waals surface area contributed by atoms with Crippen molar-refractivity contribution in [2.24, 2.45) is 0 Å². The van der Waals surface area contributed by atoms with E-state index in [0.29, 0.717) is 5.75 Å². The van der Waals surface area contributed by atoms with Gasteiger partial charge in [0.15, 0.2) is 6.10 Å². The molecule has 0 saturated carbocycles. The van der Waals surface area contributed by atoms with Gasteiger partial charge in [0.25, 0.3) is 0 Å². The Labute approximate surface area is 117 Å². The fraction of sp³-hybridized carbons (Fsp3) is 0.0588. The van der Waals surface area contributed by atoms with Crippen molar-refractivity contribution in [3.8, 4) is 18.1 Å². The zero-order valence-corrected chi connectivity index (χ0v) is 10.7. The summed E-state index contributed by atoms with van der Waals surface area (Å²) in [7, 11) is 0. The molecule has 0 fully saturated rings. The van der Waals surface area contributed by atoms with E-state index in [1.807, 2.05) is 42.5 Å². The van der Waals surface area contributed by atoms with Crippen molar-refractivity contribution >= 4 is 10.9 Å². The quantitative estimate of drug-likeness (QED) is 0.677. The second kappa shape index (κ2) is 5.41. The van der Waals surface area contributed by atoms with Crippen LogP contribution >= 0.6 is 0 Å². The summed E-state index contributed by atoms with van der Waals surface area (Å²) in [4.78, 5) is 8.42. The van der Waals surface area contributed by atoms with Crippen molar-refractivity contribution in [1.82, 2.24) is 9.97 Å². The van der Waals surface area contributed by atoms with E-state index in [1.165, 1.54) is 0 Å². The van der Waals surface area contributed by atoms with Gasteiger partial charge in [0.1, 0.15) is 11.3 Å². The van der Waals surface area contributed by atoms with Crippen molar-refractivity contribution in [3.05, 3.63) is 66.6 Å².